The normalized spacial score (nSPS) is 23.1. The number of urea groups is 1. The lowest BCUT2D eigenvalue weighted by Crippen LogP contribution is -2.51. The van der Waals surface area contributed by atoms with E-state index >= 15 is 0 Å². The Labute approximate surface area is 119 Å². The summed E-state index contributed by atoms with van der Waals surface area (Å²) in [6.45, 7) is 3.64. The number of hydrogen-bond donors (Lipinski definition) is 3. The van der Waals surface area contributed by atoms with E-state index in [0.29, 0.717) is 12.8 Å². The van der Waals surface area contributed by atoms with Gasteiger partial charge in [0.2, 0.25) is 0 Å². The molecule has 116 valence electrons. The lowest BCUT2D eigenvalue weighted by Gasteiger charge is -2.26. The average molecular weight is 306 g/mol. The predicted octanol–water partition coefficient (Wildman–Crippen LogP) is 0.362. The summed E-state index contributed by atoms with van der Waals surface area (Å²) in [6.07, 6.45) is 1.00. The van der Waals surface area contributed by atoms with Crippen LogP contribution in [-0.4, -0.2) is 49.1 Å². The van der Waals surface area contributed by atoms with Crippen LogP contribution >= 0.6 is 0 Å². The molecule has 0 aliphatic carbocycles. The van der Waals surface area contributed by atoms with E-state index in [1.54, 1.807) is 0 Å². The van der Waals surface area contributed by atoms with Crippen LogP contribution in [0.15, 0.2) is 0 Å². The van der Waals surface area contributed by atoms with Crippen molar-refractivity contribution in [2.24, 2.45) is 5.92 Å². The van der Waals surface area contributed by atoms with Crippen molar-refractivity contribution >= 4 is 21.8 Å². The third-order valence-corrected chi connectivity index (χ3v) is 5.13. The average Bonchev–Trinajstić information content (AvgIpc) is 2.25. The minimum Gasteiger partial charge on any atom is -0.481 e. The van der Waals surface area contributed by atoms with Gasteiger partial charge >= 0.3 is 12.0 Å². The molecule has 1 aliphatic heterocycles. The molecule has 8 heteroatoms. The molecule has 0 saturated carbocycles. The molecule has 2 atom stereocenters. The van der Waals surface area contributed by atoms with E-state index in [9.17, 15) is 18.0 Å². The molecule has 2 unspecified atom stereocenters. The SMILES string of the molecule is CC(C)C(CC(=O)O)NC(=O)NC1CCCS(=O)(=O)C1. The Hall–Kier alpha value is -1.31. The Morgan fingerprint density at radius 3 is 2.50 bits per heavy atom. The number of aliphatic carboxylic acids is 1. The zero-order chi connectivity index (χ0) is 15.3. The Morgan fingerprint density at radius 2 is 2.00 bits per heavy atom. The lowest BCUT2D eigenvalue weighted by molar-refractivity contribution is -0.137. The van der Waals surface area contributed by atoms with Crippen LogP contribution in [0, 0.1) is 5.92 Å². The fourth-order valence-electron chi connectivity index (χ4n) is 2.17. The van der Waals surface area contributed by atoms with Crippen molar-refractivity contribution in [1.29, 1.82) is 0 Å². The minimum atomic E-state index is -3.08. The number of sulfone groups is 1. The molecule has 0 aromatic heterocycles. The Balaban J connectivity index is 2.51. The third kappa shape index (κ3) is 5.77. The van der Waals surface area contributed by atoms with Crippen molar-refractivity contribution < 1.29 is 23.1 Å². The van der Waals surface area contributed by atoms with Gasteiger partial charge in [0.25, 0.3) is 0 Å². The number of carboxylic acid groups (broad SMARTS) is 1. The summed E-state index contributed by atoms with van der Waals surface area (Å²) in [5, 5.41) is 14.0. The Bertz CT molecular complexity index is 460. The van der Waals surface area contributed by atoms with Gasteiger partial charge in [0.05, 0.1) is 17.9 Å². The van der Waals surface area contributed by atoms with Crippen LogP contribution in [0.2, 0.25) is 0 Å². The molecule has 1 fully saturated rings. The van der Waals surface area contributed by atoms with E-state index in [0.717, 1.165) is 0 Å². The van der Waals surface area contributed by atoms with E-state index in [4.69, 9.17) is 5.11 Å². The fraction of sp³-hybridized carbons (Fsp3) is 0.833. The van der Waals surface area contributed by atoms with Gasteiger partial charge < -0.3 is 15.7 Å². The van der Waals surface area contributed by atoms with Gasteiger partial charge in [0, 0.05) is 12.1 Å². The van der Waals surface area contributed by atoms with Crippen LogP contribution in [0.4, 0.5) is 4.79 Å². The summed E-state index contributed by atoms with van der Waals surface area (Å²) in [4.78, 5) is 22.5. The number of hydrogen-bond acceptors (Lipinski definition) is 4. The van der Waals surface area contributed by atoms with E-state index in [2.05, 4.69) is 10.6 Å². The van der Waals surface area contributed by atoms with Gasteiger partial charge in [-0.05, 0) is 18.8 Å². The van der Waals surface area contributed by atoms with Crippen LogP contribution in [-0.2, 0) is 14.6 Å². The van der Waals surface area contributed by atoms with Gasteiger partial charge in [0.1, 0.15) is 0 Å². The zero-order valence-corrected chi connectivity index (χ0v) is 12.6. The summed E-state index contributed by atoms with van der Waals surface area (Å²) in [5.41, 5.74) is 0. The maximum Gasteiger partial charge on any atom is 0.315 e. The molecule has 0 aromatic carbocycles. The molecule has 1 aliphatic rings. The molecular formula is C12H22N2O5S. The molecule has 1 rings (SSSR count). The molecule has 0 radical (unpaired) electrons. The van der Waals surface area contributed by atoms with E-state index in [1.165, 1.54) is 0 Å². The predicted molar refractivity (Wildman–Crippen MR) is 74.2 cm³/mol. The second kappa shape index (κ2) is 6.92. The topological polar surface area (TPSA) is 113 Å². The zero-order valence-electron chi connectivity index (χ0n) is 11.8. The number of nitrogens with one attached hydrogen (secondary N) is 2. The molecule has 20 heavy (non-hydrogen) atoms. The van der Waals surface area contributed by atoms with Crippen LogP contribution < -0.4 is 10.6 Å². The van der Waals surface area contributed by atoms with Gasteiger partial charge in [-0.1, -0.05) is 13.8 Å². The van der Waals surface area contributed by atoms with Gasteiger partial charge in [-0.15, -0.1) is 0 Å². The number of amides is 2. The van der Waals surface area contributed by atoms with Crippen molar-refractivity contribution in [1.82, 2.24) is 10.6 Å². The maximum atomic E-state index is 11.8. The maximum absolute atomic E-state index is 11.8. The second-order valence-corrected chi connectivity index (χ2v) is 7.75. The summed E-state index contributed by atoms with van der Waals surface area (Å²) in [6, 6.07) is -1.38. The lowest BCUT2D eigenvalue weighted by atomic mass is 10.0. The minimum absolute atomic E-state index is 0.0214. The van der Waals surface area contributed by atoms with Gasteiger partial charge in [-0.3, -0.25) is 4.79 Å². The van der Waals surface area contributed by atoms with Crippen molar-refractivity contribution in [2.75, 3.05) is 11.5 Å². The first-order valence-electron chi connectivity index (χ1n) is 6.69. The van der Waals surface area contributed by atoms with Gasteiger partial charge in [-0.2, -0.15) is 0 Å². The van der Waals surface area contributed by atoms with Crippen LogP contribution in [0.5, 0.6) is 0 Å². The molecule has 3 N–H and O–H groups in total. The number of carboxylic acids is 1. The summed E-state index contributed by atoms with van der Waals surface area (Å²) in [5.74, 6) is -0.886. The largest absolute Gasteiger partial charge is 0.481 e. The molecule has 1 heterocycles. The van der Waals surface area contributed by atoms with Gasteiger partial charge in [0.15, 0.2) is 9.84 Å². The van der Waals surface area contributed by atoms with Crippen LogP contribution in [0.1, 0.15) is 33.1 Å². The summed E-state index contributed by atoms with van der Waals surface area (Å²) >= 11 is 0. The van der Waals surface area contributed by atoms with Crippen LogP contribution in [0.3, 0.4) is 0 Å². The smallest absolute Gasteiger partial charge is 0.315 e. The highest BCUT2D eigenvalue weighted by molar-refractivity contribution is 7.91. The Morgan fingerprint density at radius 1 is 1.35 bits per heavy atom. The first-order chi connectivity index (χ1) is 9.19. The molecule has 2 amide bonds. The second-order valence-electron chi connectivity index (χ2n) is 5.52. The highest BCUT2D eigenvalue weighted by Crippen LogP contribution is 2.12. The number of carbonyl (C=O) groups excluding carboxylic acids is 1. The van der Waals surface area contributed by atoms with Gasteiger partial charge in [-0.25, -0.2) is 13.2 Å². The van der Waals surface area contributed by atoms with E-state index < -0.39 is 33.9 Å². The van der Waals surface area contributed by atoms with E-state index in [-0.39, 0.29) is 23.8 Å². The molecule has 7 nitrogen and oxygen atoms in total. The van der Waals surface area contributed by atoms with Crippen molar-refractivity contribution in [3.8, 4) is 0 Å². The third-order valence-electron chi connectivity index (χ3n) is 3.31. The molecule has 0 bridgehead atoms. The highest BCUT2D eigenvalue weighted by Gasteiger charge is 2.27. The van der Waals surface area contributed by atoms with Crippen molar-refractivity contribution in [3.63, 3.8) is 0 Å². The summed E-state index contributed by atoms with van der Waals surface area (Å²) in [7, 11) is -3.08. The summed E-state index contributed by atoms with van der Waals surface area (Å²) < 4.78 is 22.9. The fourth-order valence-corrected chi connectivity index (χ4v) is 3.81. The first kappa shape index (κ1) is 16.7. The number of carbonyl (C=O) groups is 2. The van der Waals surface area contributed by atoms with Crippen molar-refractivity contribution in [2.45, 2.75) is 45.2 Å². The van der Waals surface area contributed by atoms with E-state index in [1.807, 2.05) is 13.8 Å². The molecule has 1 saturated heterocycles. The Kier molecular flexibility index (Phi) is 5.79. The van der Waals surface area contributed by atoms with Crippen molar-refractivity contribution in [3.05, 3.63) is 0 Å². The number of rotatable bonds is 5. The monoisotopic (exact) mass is 306 g/mol. The molecular weight excluding hydrogens is 284 g/mol. The standard InChI is InChI=1S/C12H22N2O5S/c1-8(2)10(6-11(15)16)14-12(17)13-9-4-3-5-20(18,19)7-9/h8-10H,3-7H2,1-2H3,(H,15,16)(H2,13,14,17). The molecule has 0 aromatic rings. The highest BCUT2D eigenvalue weighted by atomic mass is 32.2. The first-order valence-corrected chi connectivity index (χ1v) is 8.51. The van der Waals surface area contributed by atoms with Crippen LogP contribution in [0.25, 0.3) is 0 Å². The quantitative estimate of drug-likeness (QED) is 0.679. The molecule has 0 spiro atoms.